The Morgan fingerprint density at radius 1 is 0.586 bits per heavy atom. The van der Waals surface area contributed by atoms with Gasteiger partial charge in [-0.3, -0.25) is 4.98 Å². The van der Waals surface area contributed by atoms with Crippen molar-refractivity contribution in [1.29, 1.82) is 0 Å². The summed E-state index contributed by atoms with van der Waals surface area (Å²) in [5.74, 6) is 0. The Hall–Kier alpha value is -3.06. The first-order valence-corrected chi connectivity index (χ1v) is 9.49. The number of pyridine rings is 1. The molecule has 0 aliphatic heterocycles. The molecule has 0 amide bonds. The number of benzene rings is 4. The molecule has 1 aliphatic rings. The summed E-state index contributed by atoms with van der Waals surface area (Å²) in [6.45, 7) is 0. The molecular weight excluding hydrogens is 531 g/mol. The number of aromatic nitrogens is 1. The van der Waals surface area contributed by atoms with Crippen molar-refractivity contribution >= 4 is 10.9 Å². The first-order chi connectivity index (χ1) is 13.9. The van der Waals surface area contributed by atoms with Gasteiger partial charge in [-0.25, -0.2) is 0 Å². The molecule has 0 saturated carbocycles. The third kappa shape index (κ3) is 2.84. The van der Waals surface area contributed by atoms with Crippen molar-refractivity contribution in [3.63, 3.8) is 0 Å². The van der Waals surface area contributed by atoms with Gasteiger partial charge in [-0.1, -0.05) is 72.8 Å². The van der Waals surface area contributed by atoms with E-state index in [0.29, 0.717) is 0 Å². The van der Waals surface area contributed by atoms with Gasteiger partial charge in [0.25, 0.3) is 0 Å². The van der Waals surface area contributed by atoms with E-state index in [9.17, 15) is 0 Å². The molecule has 0 bridgehead atoms. The van der Waals surface area contributed by atoms with E-state index < -0.39 is 0 Å². The molecule has 6 rings (SSSR count). The number of hydrogen-bond donors (Lipinski definition) is 0. The number of hydrogen-bond acceptors (Lipinski definition) is 1. The smallest absolute Gasteiger partial charge is 0.0607 e. The van der Waals surface area contributed by atoms with Gasteiger partial charge in [0.05, 0.1) is 5.52 Å². The molecule has 0 unspecified atom stereocenters. The van der Waals surface area contributed by atoms with Crippen LogP contribution in [0.5, 0.6) is 0 Å². The van der Waals surface area contributed by atoms with Crippen LogP contribution in [0, 0.1) is 6.07 Å². The van der Waals surface area contributed by atoms with Crippen LogP contribution < -0.4 is 0 Å². The fourth-order valence-corrected chi connectivity index (χ4v) is 4.24. The Morgan fingerprint density at radius 3 is 2.14 bits per heavy atom. The van der Waals surface area contributed by atoms with Crippen LogP contribution in [0.4, 0.5) is 0 Å². The van der Waals surface area contributed by atoms with Crippen LogP contribution in [0.2, 0.25) is 0 Å². The van der Waals surface area contributed by atoms with E-state index >= 15 is 0 Å². The Balaban J connectivity index is 0.00000181. The molecule has 5 aromatic rings. The van der Waals surface area contributed by atoms with E-state index in [2.05, 4.69) is 91.0 Å². The van der Waals surface area contributed by atoms with E-state index in [1.54, 1.807) is 0 Å². The zero-order valence-electron chi connectivity index (χ0n) is 15.5. The van der Waals surface area contributed by atoms with Crippen molar-refractivity contribution in [2.75, 3.05) is 0 Å². The molecule has 1 aliphatic carbocycles. The van der Waals surface area contributed by atoms with Gasteiger partial charge < -0.3 is 0 Å². The summed E-state index contributed by atoms with van der Waals surface area (Å²) in [5, 5.41) is 1.26. The topological polar surface area (TPSA) is 12.9 Å². The molecule has 1 aromatic heterocycles. The minimum Gasteiger partial charge on any atom is -0.296 e. The molecule has 0 fully saturated rings. The predicted octanol–water partition coefficient (Wildman–Crippen LogP) is 7.01. The summed E-state index contributed by atoms with van der Waals surface area (Å²) in [6, 6.07) is 37.4. The summed E-state index contributed by atoms with van der Waals surface area (Å²) in [4.78, 5) is 4.99. The average Bonchev–Trinajstić information content (AvgIpc) is 3.10. The van der Waals surface area contributed by atoms with Crippen molar-refractivity contribution < 1.29 is 20.1 Å². The van der Waals surface area contributed by atoms with Crippen molar-refractivity contribution in [2.45, 2.75) is 0 Å². The van der Waals surface area contributed by atoms with Crippen LogP contribution in [0.3, 0.4) is 0 Å². The van der Waals surface area contributed by atoms with Gasteiger partial charge in [0.2, 0.25) is 0 Å². The Bertz CT molecular complexity index is 1360. The van der Waals surface area contributed by atoms with Gasteiger partial charge in [0.1, 0.15) is 0 Å². The van der Waals surface area contributed by atoms with Crippen LogP contribution in [-0.2, 0) is 20.1 Å². The first kappa shape index (κ1) is 18.0. The predicted molar refractivity (Wildman–Crippen MR) is 116 cm³/mol. The van der Waals surface area contributed by atoms with Crippen LogP contribution in [0.15, 0.2) is 97.1 Å². The zero-order chi connectivity index (χ0) is 18.5. The molecule has 1 nitrogen and oxygen atoms in total. The van der Waals surface area contributed by atoms with E-state index in [1.807, 2.05) is 12.1 Å². The van der Waals surface area contributed by atoms with Gasteiger partial charge >= 0.3 is 0 Å². The van der Waals surface area contributed by atoms with E-state index in [-0.39, 0.29) is 20.1 Å². The average molecular weight is 547 g/mol. The van der Waals surface area contributed by atoms with Crippen LogP contribution in [0.25, 0.3) is 55.5 Å². The normalized spacial score (nSPS) is 11.2. The molecule has 0 saturated heterocycles. The van der Waals surface area contributed by atoms with Gasteiger partial charge in [-0.05, 0) is 39.6 Å². The van der Waals surface area contributed by atoms with Crippen molar-refractivity contribution in [3.05, 3.63) is 103 Å². The minimum atomic E-state index is 0. The third-order valence-corrected chi connectivity index (χ3v) is 5.53. The van der Waals surface area contributed by atoms with Gasteiger partial charge in [-0.2, -0.15) is 0 Å². The van der Waals surface area contributed by atoms with Crippen molar-refractivity contribution in [2.24, 2.45) is 0 Å². The van der Waals surface area contributed by atoms with Gasteiger partial charge in [-0.15, -0.1) is 35.4 Å². The fraction of sp³-hybridized carbons (Fsp3) is 0. The largest absolute Gasteiger partial charge is 0.296 e. The fourth-order valence-electron chi connectivity index (χ4n) is 4.24. The summed E-state index contributed by atoms with van der Waals surface area (Å²) < 4.78 is 0. The molecule has 0 N–H and O–H groups in total. The number of nitrogens with zero attached hydrogens (tertiary/aromatic N) is 1. The molecule has 0 atom stereocenters. The maximum absolute atomic E-state index is 4.99. The van der Waals surface area contributed by atoms with E-state index in [4.69, 9.17) is 4.98 Å². The molecule has 29 heavy (non-hydrogen) atoms. The SMILES string of the molecule is [Ir].[c-]1ccc(-c2ccccc2)cc1-c1cc2c3c(cccc3n1)-c1ccccc1-2. The van der Waals surface area contributed by atoms with Crippen LogP contribution >= 0.6 is 0 Å². The van der Waals surface area contributed by atoms with Crippen LogP contribution in [-0.4, -0.2) is 4.98 Å². The number of rotatable bonds is 2. The molecular formula is C27H16IrN-. The van der Waals surface area contributed by atoms with E-state index in [1.165, 1.54) is 38.8 Å². The second kappa shape index (κ2) is 7.08. The standard InChI is InChI=1S/C27H16N.Ir/c1-2-8-18(9-3-1)19-10-6-11-20(16-19)26-17-24-22-13-5-4-12-21(22)23-14-7-15-25(28-26)27(23)24;/h1-10,12-17H;/q-1;. The molecule has 2 heteroatoms. The summed E-state index contributed by atoms with van der Waals surface area (Å²) in [6.07, 6.45) is 0. The molecule has 0 spiro atoms. The molecule has 1 heterocycles. The van der Waals surface area contributed by atoms with Gasteiger partial charge in [0.15, 0.2) is 0 Å². The Kier molecular flexibility index (Phi) is 4.39. The Labute approximate surface area is 183 Å². The monoisotopic (exact) mass is 547 g/mol. The molecule has 1 radical (unpaired) electrons. The number of fused-ring (bicyclic) bond motifs is 3. The van der Waals surface area contributed by atoms with Crippen molar-refractivity contribution in [1.82, 2.24) is 4.98 Å². The maximum Gasteiger partial charge on any atom is 0.0607 e. The summed E-state index contributed by atoms with van der Waals surface area (Å²) >= 11 is 0. The molecule has 4 aromatic carbocycles. The van der Waals surface area contributed by atoms with Crippen LogP contribution in [0.1, 0.15) is 0 Å². The minimum absolute atomic E-state index is 0. The van der Waals surface area contributed by atoms with Gasteiger partial charge in [0, 0.05) is 25.5 Å². The van der Waals surface area contributed by atoms with E-state index in [0.717, 1.165) is 16.8 Å². The maximum atomic E-state index is 4.99. The second-order valence-corrected chi connectivity index (χ2v) is 7.16. The third-order valence-electron chi connectivity index (χ3n) is 5.53. The zero-order valence-corrected chi connectivity index (χ0v) is 17.9. The van der Waals surface area contributed by atoms with Crippen molar-refractivity contribution in [3.8, 4) is 44.6 Å². The molecule has 139 valence electrons. The Morgan fingerprint density at radius 2 is 1.31 bits per heavy atom. The summed E-state index contributed by atoms with van der Waals surface area (Å²) in [5.41, 5.74) is 10.6. The summed E-state index contributed by atoms with van der Waals surface area (Å²) in [7, 11) is 0. The second-order valence-electron chi connectivity index (χ2n) is 7.16. The quantitative estimate of drug-likeness (QED) is 0.213. The first-order valence-electron chi connectivity index (χ1n) is 9.49.